The maximum atomic E-state index is 10.2. The number of ether oxygens (including phenoxy) is 2. The molecule has 0 aromatic carbocycles. The molecule has 0 aromatic heterocycles. The molecule has 5 heteroatoms. The lowest BCUT2D eigenvalue weighted by atomic mass is 10.0. The molecule has 2 rings (SSSR count). The fourth-order valence-corrected chi connectivity index (χ4v) is 2.77. The summed E-state index contributed by atoms with van der Waals surface area (Å²) < 4.78 is 10.1. The van der Waals surface area contributed by atoms with Gasteiger partial charge in [-0.15, -0.1) is 0 Å². The first kappa shape index (κ1) is 10.3. The van der Waals surface area contributed by atoms with Crippen LogP contribution in [0.4, 0.5) is 0 Å². The predicted octanol–water partition coefficient (Wildman–Crippen LogP) is -1.15. The average molecular weight is 204 g/mol. The van der Waals surface area contributed by atoms with Gasteiger partial charge in [0.25, 0.3) is 0 Å². The van der Waals surface area contributed by atoms with Crippen LogP contribution in [0, 0.1) is 5.41 Å². The Bertz CT molecular complexity index is 242. The summed E-state index contributed by atoms with van der Waals surface area (Å²) in [4.78, 5) is 0. The van der Waals surface area contributed by atoms with E-state index in [0.29, 0.717) is 0 Å². The van der Waals surface area contributed by atoms with Crippen molar-refractivity contribution in [2.45, 2.75) is 37.4 Å². The maximum Gasteiger partial charge on any atom is 0.190 e. The Hall–Kier alpha value is -0.200. The SMILES string of the molecule is CO[C@@H]1O[C@H](CO)[C@]2(O)C(C)(C)[C@]12O. The third kappa shape index (κ3) is 0.686. The van der Waals surface area contributed by atoms with E-state index in [-0.39, 0.29) is 6.61 Å². The first-order valence-corrected chi connectivity index (χ1v) is 4.61. The average Bonchev–Trinajstić information content (AvgIpc) is 2.42. The van der Waals surface area contributed by atoms with E-state index < -0.39 is 29.0 Å². The molecule has 1 aliphatic carbocycles. The number of hydrogen-bond acceptors (Lipinski definition) is 5. The topological polar surface area (TPSA) is 79.2 Å². The smallest absolute Gasteiger partial charge is 0.190 e. The predicted molar refractivity (Wildman–Crippen MR) is 46.4 cm³/mol. The molecule has 0 unspecified atom stereocenters. The summed E-state index contributed by atoms with van der Waals surface area (Å²) in [5.74, 6) is 0. The highest BCUT2D eigenvalue weighted by atomic mass is 16.7. The van der Waals surface area contributed by atoms with Gasteiger partial charge >= 0.3 is 0 Å². The van der Waals surface area contributed by atoms with E-state index in [9.17, 15) is 10.2 Å². The summed E-state index contributed by atoms with van der Waals surface area (Å²) in [6.07, 6.45) is -1.66. The van der Waals surface area contributed by atoms with Crippen LogP contribution in [0.15, 0.2) is 0 Å². The van der Waals surface area contributed by atoms with Gasteiger partial charge in [-0.3, -0.25) is 0 Å². The minimum Gasteiger partial charge on any atom is -0.394 e. The van der Waals surface area contributed by atoms with E-state index >= 15 is 0 Å². The number of aliphatic hydroxyl groups is 3. The van der Waals surface area contributed by atoms with E-state index in [0.717, 1.165) is 0 Å². The van der Waals surface area contributed by atoms with Crippen molar-refractivity contribution >= 4 is 0 Å². The van der Waals surface area contributed by atoms with Crippen LogP contribution in [0.25, 0.3) is 0 Å². The molecule has 1 saturated heterocycles. The monoisotopic (exact) mass is 204 g/mol. The van der Waals surface area contributed by atoms with Crippen LogP contribution in [0.2, 0.25) is 0 Å². The Labute approximate surface area is 82.3 Å². The zero-order valence-corrected chi connectivity index (χ0v) is 8.52. The van der Waals surface area contributed by atoms with E-state index in [1.165, 1.54) is 7.11 Å². The molecule has 82 valence electrons. The lowest BCUT2D eigenvalue weighted by molar-refractivity contribution is -0.200. The molecule has 0 aromatic rings. The Morgan fingerprint density at radius 3 is 2.14 bits per heavy atom. The largest absolute Gasteiger partial charge is 0.394 e. The quantitative estimate of drug-likeness (QED) is 0.529. The van der Waals surface area contributed by atoms with Crippen LogP contribution in [0.5, 0.6) is 0 Å². The standard InChI is InChI=1S/C9H16O5/c1-7(2)8(11)5(4-10)14-6(13-3)9(7,8)12/h5-6,10-12H,4H2,1-3H3/t5-,6-,8+,9-/m1/s1. The minimum absolute atomic E-state index is 0.331. The Kier molecular flexibility index (Phi) is 1.83. The fourth-order valence-electron chi connectivity index (χ4n) is 2.77. The number of hydrogen-bond donors (Lipinski definition) is 3. The molecule has 1 heterocycles. The Morgan fingerprint density at radius 2 is 1.86 bits per heavy atom. The fraction of sp³-hybridized carbons (Fsp3) is 1.00. The van der Waals surface area contributed by atoms with Gasteiger partial charge in [0.15, 0.2) is 11.9 Å². The van der Waals surface area contributed by atoms with Gasteiger partial charge in [-0.05, 0) is 0 Å². The molecule has 5 nitrogen and oxygen atoms in total. The van der Waals surface area contributed by atoms with Crippen LogP contribution in [0.1, 0.15) is 13.8 Å². The highest BCUT2D eigenvalue weighted by Crippen LogP contribution is 2.72. The van der Waals surface area contributed by atoms with Crippen molar-refractivity contribution in [3.05, 3.63) is 0 Å². The zero-order chi connectivity index (χ0) is 10.8. The van der Waals surface area contributed by atoms with Crippen molar-refractivity contribution < 1.29 is 24.8 Å². The summed E-state index contributed by atoms with van der Waals surface area (Å²) in [5.41, 5.74) is -3.54. The second kappa shape index (κ2) is 2.48. The zero-order valence-electron chi connectivity index (χ0n) is 8.52. The van der Waals surface area contributed by atoms with Gasteiger partial charge in [-0.1, -0.05) is 13.8 Å². The Balaban J connectivity index is 2.37. The molecule has 0 radical (unpaired) electrons. The lowest BCUT2D eigenvalue weighted by Gasteiger charge is -2.24. The second-order valence-corrected chi connectivity index (χ2v) is 4.53. The third-order valence-electron chi connectivity index (χ3n) is 3.90. The van der Waals surface area contributed by atoms with E-state index in [1.807, 2.05) is 0 Å². The number of rotatable bonds is 2. The summed E-state index contributed by atoms with van der Waals surface area (Å²) >= 11 is 0. The third-order valence-corrected chi connectivity index (χ3v) is 3.90. The second-order valence-electron chi connectivity index (χ2n) is 4.53. The maximum absolute atomic E-state index is 10.2. The van der Waals surface area contributed by atoms with E-state index in [4.69, 9.17) is 14.6 Å². The summed E-state index contributed by atoms with van der Waals surface area (Å²) in [5, 5.41) is 29.4. The van der Waals surface area contributed by atoms with Crippen molar-refractivity contribution in [2.75, 3.05) is 13.7 Å². The van der Waals surface area contributed by atoms with Crippen molar-refractivity contribution in [3.8, 4) is 0 Å². The molecule has 0 amide bonds. The molecule has 2 aliphatic rings. The van der Waals surface area contributed by atoms with Crippen LogP contribution in [-0.2, 0) is 9.47 Å². The van der Waals surface area contributed by atoms with Crippen molar-refractivity contribution in [3.63, 3.8) is 0 Å². The molecule has 0 spiro atoms. The van der Waals surface area contributed by atoms with Gasteiger partial charge in [0.1, 0.15) is 11.7 Å². The summed E-state index contributed by atoms with van der Waals surface area (Å²) in [6, 6.07) is 0. The molecule has 1 saturated carbocycles. The minimum atomic E-state index is -1.41. The highest BCUT2D eigenvalue weighted by molar-refractivity contribution is 5.39. The Morgan fingerprint density at radius 1 is 1.29 bits per heavy atom. The summed E-state index contributed by atoms with van der Waals surface area (Å²) in [7, 11) is 1.40. The van der Waals surface area contributed by atoms with Crippen molar-refractivity contribution in [1.82, 2.24) is 0 Å². The van der Waals surface area contributed by atoms with E-state index in [1.54, 1.807) is 13.8 Å². The highest BCUT2D eigenvalue weighted by Gasteiger charge is 2.92. The van der Waals surface area contributed by atoms with Crippen LogP contribution >= 0.6 is 0 Å². The summed E-state index contributed by atoms with van der Waals surface area (Å²) in [6.45, 7) is 3.12. The van der Waals surface area contributed by atoms with Crippen LogP contribution in [-0.4, -0.2) is 52.6 Å². The molecule has 4 atom stereocenters. The van der Waals surface area contributed by atoms with Crippen molar-refractivity contribution in [1.29, 1.82) is 0 Å². The number of methoxy groups -OCH3 is 1. The van der Waals surface area contributed by atoms with Gasteiger partial charge in [-0.2, -0.15) is 0 Å². The van der Waals surface area contributed by atoms with Gasteiger partial charge in [0.2, 0.25) is 0 Å². The molecule has 1 aliphatic heterocycles. The van der Waals surface area contributed by atoms with Gasteiger partial charge in [0, 0.05) is 12.5 Å². The molecule has 2 fully saturated rings. The van der Waals surface area contributed by atoms with Gasteiger partial charge < -0.3 is 24.8 Å². The molecule has 3 N–H and O–H groups in total. The number of fused-ring (bicyclic) bond motifs is 1. The lowest BCUT2D eigenvalue weighted by Crippen LogP contribution is -2.36. The van der Waals surface area contributed by atoms with Gasteiger partial charge in [-0.25, -0.2) is 0 Å². The van der Waals surface area contributed by atoms with Crippen LogP contribution in [0.3, 0.4) is 0 Å². The molecular formula is C9H16O5. The van der Waals surface area contributed by atoms with Crippen LogP contribution < -0.4 is 0 Å². The van der Waals surface area contributed by atoms with Crippen molar-refractivity contribution in [2.24, 2.45) is 5.41 Å². The molecular weight excluding hydrogens is 188 g/mol. The normalized spacial score (nSPS) is 54.4. The van der Waals surface area contributed by atoms with E-state index in [2.05, 4.69) is 0 Å². The first-order chi connectivity index (χ1) is 6.37. The molecule has 14 heavy (non-hydrogen) atoms. The first-order valence-electron chi connectivity index (χ1n) is 4.61. The number of aliphatic hydroxyl groups excluding tert-OH is 1. The van der Waals surface area contributed by atoms with Gasteiger partial charge in [0.05, 0.1) is 6.61 Å². The molecule has 0 bridgehead atoms.